The summed E-state index contributed by atoms with van der Waals surface area (Å²) in [7, 11) is 0. The normalized spacial score (nSPS) is 11.3. The van der Waals surface area contributed by atoms with Gasteiger partial charge in [-0.05, 0) is 43.4 Å². The van der Waals surface area contributed by atoms with E-state index in [9.17, 15) is 14.7 Å². The van der Waals surface area contributed by atoms with Crippen LogP contribution in [-0.2, 0) is 9.59 Å². The number of anilines is 2. The molecule has 0 aliphatic carbocycles. The van der Waals surface area contributed by atoms with E-state index in [0.717, 1.165) is 12.8 Å². The number of carboxylic acid groups (broad SMARTS) is 1. The van der Waals surface area contributed by atoms with Crippen LogP contribution in [0.5, 0.6) is 0 Å². The minimum atomic E-state index is -1.04. The van der Waals surface area contributed by atoms with Crippen LogP contribution in [0, 0.1) is 0 Å². The second kappa shape index (κ2) is 12.0. The summed E-state index contributed by atoms with van der Waals surface area (Å²) < 4.78 is 0. The summed E-state index contributed by atoms with van der Waals surface area (Å²) >= 11 is 5.14. The Morgan fingerprint density at radius 1 is 1.31 bits per heavy atom. The average molecular weight is 378 g/mol. The number of carboxylic acids is 1. The van der Waals surface area contributed by atoms with Crippen LogP contribution in [-0.4, -0.2) is 41.2 Å². The van der Waals surface area contributed by atoms with Gasteiger partial charge in [-0.15, -0.1) is 6.58 Å². The van der Waals surface area contributed by atoms with E-state index in [-0.39, 0.29) is 12.3 Å². The lowest BCUT2D eigenvalue weighted by Gasteiger charge is -2.15. The first-order chi connectivity index (χ1) is 12.5. The van der Waals surface area contributed by atoms with Crippen molar-refractivity contribution in [3.05, 3.63) is 36.9 Å². The summed E-state index contributed by atoms with van der Waals surface area (Å²) in [5.41, 5.74) is 1.27. The summed E-state index contributed by atoms with van der Waals surface area (Å²) in [4.78, 5) is 23.4. The summed E-state index contributed by atoms with van der Waals surface area (Å²) in [6, 6.07) is 6.12. The van der Waals surface area contributed by atoms with Crippen LogP contribution < -0.4 is 21.3 Å². The van der Waals surface area contributed by atoms with Gasteiger partial charge < -0.3 is 26.4 Å². The highest BCUT2D eigenvalue weighted by atomic mass is 32.1. The standard InChI is InChI=1S/C18H26N4O3S/c1-3-5-10-19-15(17(24)25)12-16(23)21-13-7-6-8-14(11-13)22-18(26)20-9-4-2/h4,6-8,11,15,19H,2-3,5,9-10,12H2,1H3,(H,21,23)(H,24,25)(H2,20,22,26). The molecule has 1 aromatic carbocycles. The highest BCUT2D eigenvalue weighted by Crippen LogP contribution is 2.15. The van der Waals surface area contributed by atoms with Gasteiger partial charge in [0.2, 0.25) is 5.91 Å². The van der Waals surface area contributed by atoms with E-state index in [1.165, 1.54) is 0 Å². The quantitative estimate of drug-likeness (QED) is 0.229. The Balaban J connectivity index is 2.59. The largest absolute Gasteiger partial charge is 0.480 e. The molecule has 5 N–H and O–H groups in total. The molecular formula is C18H26N4O3S. The Labute approximate surface area is 159 Å². The molecule has 0 bridgehead atoms. The average Bonchev–Trinajstić information content (AvgIpc) is 2.59. The maximum atomic E-state index is 12.2. The van der Waals surface area contributed by atoms with Gasteiger partial charge >= 0.3 is 5.97 Å². The van der Waals surface area contributed by atoms with Gasteiger partial charge in [0, 0.05) is 17.9 Å². The zero-order valence-electron chi connectivity index (χ0n) is 14.9. The van der Waals surface area contributed by atoms with Crippen molar-refractivity contribution in [3.8, 4) is 0 Å². The number of thiocarbonyl (C=S) groups is 1. The zero-order valence-corrected chi connectivity index (χ0v) is 15.7. The first-order valence-corrected chi connectivity index (χ1v) is 8.89. The minimum absolute atomic E-state index is 0.143. The summed E-state index contributed by atoms with van der Waals surface area (Å²) in [6.45, 7) is 6.73. The summed E-state index contributed by atoms with van der Waals surface area (Å²) in [5.74, 6) is -1.41. The van der Waals surface area contributed by atoms with E-state index in [4.69, 9.17) is 12.2 Å². The molecule has 1 atom stereocenters. The molecule has 142 valence electrons. The Morgan fingerprint density at radius 2 is 2.00 bits per heavy atom. The number of aliphatic carboxylic acids is 1. The van der Waals surface area contributed by atoms with E-state index in [1.807, 2.05) is 13.0 Å². The predicted molar refractivity (Wildman–Crippen MR) is 108 cm³/mol. The first kappa shape index (κ1) is 21.6. The molecule has 1 aromatic rings. The van der Waals surface area contributed by atoms with Crippen molar-refractivity contribution in [2.24, 2.45) is 0 Å². The van der Waals surface area contributed by atoms with Crippen molar-refractivity contribution >= 4 is 40.6 Å². The van der Waals surface area contributed by atoms with E-state index in [1.54, 1.807) is 24.3 Å². The Morgan fingerprint density at radius 3 is 2.62 bits per heavy atom. The van der Waals surface area contributed by atoms with E-state index in [0.29, 0.717) is 29.6 Å². The third kappa shape index (κ3) is 8.59. The molecule has 0 saturated carbocycles. The molecule has 8 heteroatoms. The van der Waals surface area contributed by atoms with Crippen LogP contribution in [0.4, 0.5) is 11.4 Å². The molecule has 26 heavy (non-hydrogen) atoms. The molecule has 0 radical (unpaired) electrons. The highest BCUT2D eigenvalue weighted by molar-refractivity contribution is 7.80. The third-order valence-electron chi connectivity index (χ3n) is 3.42. The number of rotatable bonds is 11. The second-order valence-electron chi connectivity index (χ2n) is 5.66. The number of carbonyl (C=O) groups excluding carboxylic acids is 1. The maximum Gasteiger partial charge on any atom is 0.321 e. The Bertz CT molecular complexity index is 637. The molecule has 1 amide bonds. The SMILES string of the molecule is C=CCNC(=S)Nc1cccc(NC(=O)CC(NCCCC)C(=O)O)c1. The lowest BCUT2D eigenvalue weighted by atomic mass is 10.2. The number of hydrogen-bond donors (Lipinski definition) is 5. The number of carbonyl (C=O) groups is 2. The van der Waals surface area contributed by atoms with E-state index in [2.05, 4.69) is 27.8 Å². The molecule has 0 spiro atoms. The number of benzene rings is 1. The van der Waals surface area contributed by atoms with Gasteiger partial charge in [-0.3, -0.25) is 9.59 Å². The maximum absolute atomic E-state index is 12.2. The molecule has 0 aliphatic heterocycles. The molecule has 0 heterocycles. The number of hydrogen-bond acceptors (Lipinski definition) is 4. The monoisotopic (exact) mass is 378 g/mol. The van der Waals surface area contributed by atoms with Crippen LogP contribution >= 0.6 is 12.2 Å². The predicted octanol–water partition coefficient (Wildman–Crippen LogP) is 2.33. The molecular weight excluding hydrogens is 352 g/mol. The fraction of sp³-hybridized carbons (Fsp3) is 0.389. The topological polar surface area (TPSA) is 102 Å². The lowest BCUT2D eigenvalue weighted by Crippen LogP contribution is -2.40. The zero-order chi connectivity index (χ0) is 19.4. The highest BCUT2D eigenvalue weighted by Gasteiger charge is 2.20. The van der Waals surface area contributed by atoms with E-state index >= 15 is 0 Å². The van der Waals surface area contributed by atoms with Crippen molar-refractivity contribution in [1.82, 2.24) is 10.6 Å². The summed E-state index contributed by atoms with van der Waals surface area (Å²) in [6.07, 6.45) is 3.36. The Hall–Kier alpha value is -2.45. The molecule has 0 fully saturated rings. The van der Waals surface area contributed by atoms with Crippen LogP contribution in [0.2, 0.25) is 0 Å². The fourth-order valence-electron chi connectivity index (χ4n) is 2.11. The molecule has 7 nitrogen and oxygen atoms in total. The van der Waals surface area contributed by atoms with Gasteiger partial charge in [0.1, 0.15) is 6.04 Å². The van der Waals surface area contributed by atoms with Gasteiger partial charge in [0.25, 0.3) is 0 Å². The van der Waals surface area contributed by atoms with Crippen molar-refractivity contribution in [3.63, 3.8) is 0 Å². The molecule has 0 aliphatic rings. The summed E-state index contributed by atoms with van der Waals surface area (Å²) in [5, 5.41) is 21.2. The number of amides is 1. The Kier molecular flexibility index (Phi) is 9.96. The van der Waals surface area contributed by atoms with Gasteiger partial charge in [0.15, 0.2) is 5.11 Å². The van der Waals surface area contributed by atoms with E-state index < -0.39 is 12.0 Å². The van der Waals surface area contributed by atoms with Gasteiger partial charge in [0.05, 0.1) is 6.42 Å². The molecule has 0 aromatic heterocycles. The number of nitrogens with one attached hydrogen (secondary N) is 4. The van der Waals surface area contributed by atoms with Gasteiger partial charge in [-0.25, -0.2) is 0 Å². The van der Waals surface area contributed by atoms with Crippen LogP contribution in [0.15, 0.2) is 36.9 Å². The van der Waals surface area contributed by atoms with Crippen LogP contribution in [0.25, 0.3) is 0 Å². The van der Waals surface area contributed by atoms with Crippen molar-refractivity contribution in [2.45, 2.75) is 32.2 Å². The molecule has 1 rings (SSSR count). The van der Waals surface area contributed by atoms with Gasteiger partial charge in [-0.1, -0.05) is 25.5 Å². The van der Waals surface area contributed by atoms with Crippen LogP contribution in [0.3, 0.4) is 0 Å². The smallest absolute Gasteiger partial charge is 0.321 e. The molecule has 0 saturated heterocycles. The fourth-order valence-corrected chi connectivity index (χ4v) is 2.31. The molecule has 1 unspecified atom stereocenters. The second-order valence-corrected chi connectivity index (χ2v) is 6.06. The lowest BCUT2D eigenvalue weighted by molar-refractivity contribution is -0.141. The number of unbranched alkanes of at least 4 members (excludes halogenated alkanes) is 1. The van der Waals surface area contributed by atoms with Gasteiger partial charge in [-0.2, -0.15) is 0 Å². The van der Waals surface area contributed by atoms with Crippen molar-refractivity contribution in [2.75, 3.05) is 23.7 Å². The van der Waals surface area contributed by atoms with Crippen molar-refractivity contribution < 1.29 is 14.7 Å². The third-order valence-corrected chi connectivity index (χ3v) is 3.67. The first-order valence-electron chi connectivity index (χ1n) is 8.48. The van der Waals surface area contributed by atoms with Crippen LogP contribution in [0.1, 0.15) is 26.2 Å². The van der Waals surface area contributed by atoms with Crippen molar-refractivity contribution in [1.29, 1.82) is 0 Å². The minimum Gasteiger partial charge on any atom is -0.480 e.